The van der Waals surface area contributed by atoms with E-state index in [2.05, 4.69) is 10.1 Å². The van der Waals surface area contributed by atoms with E-state index >= 15 is 0 Å². The first-order valence-electron chi connectivity index (χ1n) is 5.00. The minimum absolute atomic E-state index is 0.0116. The van der Waals surface area contributed by atoms with Crippen molar-refractivity contribution in [2.75, 3.05) is 7.11 Å². The third kappa shape index (κ3) is 2.02. The zero-order chi connectivity index (χ0) is 13.3. The fraction of sp³-hybridized carbons (Fsp3) is 0.182. The Morgan fingerprint density at radius 3 is 2.72 bits per heavy atom. The van der Waals surface area contributed by atoms with Gasteiger partial charge < -0.3 is 9.84 Å². The molecule has 0 aromatic carbocycles. The smallest absolute Gasteiger partial charge is 0.358 e. The first kappa shape index (κ1) is 12.4. The number of ether oxygens (including phenoxy) is 1. The number of halogens is 1. The lowest BCUT2D eigenvalue weighted by molar-refractivity contribution is 0.0681. The van der Waals surface area contributed by atoms with Crippen LogP contribution in [0.4, 0.5) is 0 Å². The third-order valence-electron chi connectivity index (χ3n) is 2.41. The molecule has 0 spiro atoms. The number of methoxy groups -OCH3 is 1. The molecule has 0 saturated heterocycles. The molecule has 18 heavy (non-hydrogen) atoms. The number of carboxylic acid groups (broad SMARTS) is 1. The summed E-state index contributed by atoms with van der Waals surface area (Å²) in [6.45, 7) is 0. The summed E-state index contributed by atoms with van der Waals surface area (Å²) >= 11 is 5.70. The van der Waals surface area contributed by atoms with E-state index in [1.54, 1.807) is 19.2 Å². The summed E-state index contributed by atoms with van der Waals surface area (Å²) < 4.78 is 6.37. The van der Waals surface area contributed by atoms with Gasteiger partial charge in [-0.05, 0) is 12.1 Å². The zero-order valence-corrected chi connectivity index (χ0v) is 10.5. The number of aromatic nitrogens is 3. The number of aryl methyl sites for hydroxylation is 1. The molecule has 2 aromatic rings. The summed E-state index contributed by atoms with van der Waals surface area (Å²) in [6, 6.07) is 3.30. The van der Waals surface area contributed by atoms with Crippen LogP contribution in [-0.4, -0.2) is 33.0 Å². The Morgan fingerprint density at radius 1 is 1.50 bits per heavy atom. The van der Waals surface area contributed by atoms with Crippen LogP contribution in [0.1, 0.15) is 10.5 Å². The van der Waals surface area contributed by atoms with Crippen LogP contribution < -0.4 is 4.74 Å². The number of carboxylic acids is 1. The fourth-order valence-corrected chi connectivity index (χ4v) is 1.75. The molecule has 7 heteroatoms. The van der Waals surface area contributed by atoms with Crippen molar-refractivity contribution < 1.29 is 14.6 Å². The average molecular weight is 268 g/mol. The van der Waals surface area contributed by atoms with Crippen LogP contribution in [0, 0.1) is 0 Å². The topological polar surface area (TPSA) is 77.2 Å². The van der Waals surface area contributed by atoms with Crippen molar-refractivity contribution in [2.45, 2.75) is 0 Å². The molecule has 0 fully saturated rings. The van der Waals surface area contributed by atoms with Crippen LogP contribution in [0.2, 0.25) is 5.15 Å². The van der Waals surface area contributed by atoms with Crippen LogP contribution >= 0.6 is 11.6 Å². The van der Waals surface area contributed by atoms with Gasteiger partial charge in [-0.25, -0.2) is 9.78 Å². The fourth-order valence-electron chi connectivity index (χ4n) is 1.64. The molecule has 2 aromatic heterocycles. The van der Waals surface area contributed by atoms with Gasteiger partial charge in [-0.15, -0.1) is 0 Å². The molecule has 1 N–H and O–H groups in total. The van der Waals surface area contributed by atoms with Gasteiger partial charge in [-0.1, -0.05) is 11.6 Å². The predicted molar refractivity (Wildman–Crippen MR) is 65.0 cm³/mol. The van der Waals surface area contributed by atoms with Crippen molar-refractivity contribution >= 4 is 17.6 Å². The second-order valence-corrected chi connectivity index (χ2v) is 3.92. The van der Waals surface area contributed by atoms with Crippen molar-refractivity contribution in [1.29, 1.82) is 0 Å². The minimum atomic E-state index is -1.10. The van der Waals surface area contributed by atoms with E-state index in [-0.39, 0.29) is 11.4 Å². The van der Waals surface area contributed by atoms with Gasteiger partial charge in [0.15, 0.2) is 11.4 Å². The summed E-state index contributed by atoms with van der Waals surface area (Å²) in [6.07, 6.45) is 1.51. The van der Waals surface area contributed by atoms with Gasteiger partial charge in [0.05, 0.1) is 7.11 Å². The molecule has 6 nitrogen and oxygen atoms in total. The molecule has 0 amide bonds. The van der Waals surface area contributed by atoms with Gasteiger partial charge in [-0.2, -0.15) is 5.10 Å². The molecule has 0 radical (unpaired) electrons. The highest BCUT2D eigenvalue weighted by Crippen LogP contribution is 2.32. The van der Waals surface area contributed by atoms with Crippen molar-refractivity contribution in [3.8, 4) is 17.0 Å². The van der Waals surface area contributed by atoms with Gasteiger partial charge in [0.2, 0.25) is 0 Å². The van der Waals surface area contributed by atoms with Crippen LogP contribution in [-0.2, 0) is 7.05 Å². The van der Waals surface area contributed by atoms with Crippen molar-refractivity contribution in [1.82, 2.24) is 14.8 Å². The maximum atomic E-state index is 11.1. The van der Waals surface area contributed by atoms with E-state index in [1.807, 2.05) is 0 Å². The molecule has 94 valence electrons. The van der Waals surface area contributed by atoms with Crippen LogP contribution in [0.5, 0.6) is 5.75 Å². The molecule has 0 atom stereocenters. The SMILES string of the molecule is COc1c(-c2ccc(Cl)nc2)nn(C)c1C(=O)O. The standard InChI is InChI=1S/C11H10ClN3O3/c1-15-9(11(16)17)10(18-2)8(14-15)6-3-4-7(12)13-5-6/h3-5H,1-2H3,(H,16,17). The van der Waals surface area contributed by atoms with E-state index in [1.165, 1.54) is 18.0 Å². The van der Waals surface area contributed by atoms with Crippen LogP contribution in [0.3, 0.4) is 0 Å². The summed E-state index contributed by atoms with van der Waals surface area (Å²) in [5.74, 6) is -0.899. The second kappa shape index (κ2) is 4.66. The Bertz CT molecular complexity index is 592. The molecule has 0 unspecified atom stereocenters. The lowest BCUT2D eigenvalue weighted by Gasteiger charge is -2.02. The highest BCUT2D eigenvalue weighted by atomic mass is 35.5. The lowest BCUT2D eigenvalue weighted by atomic mass is 10.2. The number of rotatable bonds is 3. The van der Waals surface area contributed by atoms with E-state index in [0.29, 0.717) is 16.4 Å². The first-order valence-corrected chi connectivity index (χ1v) is 5.38. The molecule has 0 saturated carbocycles. The molecule has 0 aliphatic heterocycles. The molecule has 0 aliphatic rings. The molecular formula is C11H10ClN3O3. The highest BCUT2D eigenvalue weighted by molar-refractivity contribution is 6.29. The molecule has 2 rings (SSSR count). The maximum Gasteiger partial charge on any atom is 0.358 e. The Kier molecular flexibility index (Phi) is 3.20. The average Bonchev–Trinajstić information content (AvgIpc) is 2.67. The molecule has 0 aliphatic carbocycles. The summed E-state index contributed by atoms with van der Waals surface area (Å²) in [7, 11) is 2.94. The third-order valence-corrected chi connectivity index (χ3v) is 2.63. The Morgan fingerprint density at radius 2 is 2.22 bits per heavy atom. The van der Waals surface area contributed by atoms with Crippen LogP contribution in [0.15, 0.2) is 18.3 Å². The Hall–Kier alpha value is -2.08. The molecule has 0 bridgehead atoms. The van der Waals surface area contributed by atoms with Crippen LogP contribution in [0.25, 0.3) is 11.3 Å². The summed E-state index contributed by atoms with van der Waals surface area (Å²) in [5, 5.41) is 13.6. The van der Waals surface area contributed by atoms with E-state index in [9.17, 15) is 4.79 Å². The van der Waals surface area contributed by atoms with Gasteiger partial charge in [0.25, 0.3) is 0 Å². The van der Waals surface area contributed by atoms with Gasteiger partial charge >= 0.3 is 5.97 Å². The monoisotopic (exact) mass is 267 g/mol. The van der Waals surface area contributed by atoms with Crippen molar-refractivity contribution in [3.63, 3.8) is 0 Å². The second-order valence-electron chi connectivity index (χ2n) is 3.53. The van der Waals surface area contributed by atoms with E-state index < -0.39 is 5.97 Å². The number of nitrogens with zero attached hydrogens (tertiary/aromatic N) is 3. The van der Waals surface area contributed by atoms with E-state index in [4.69, 9.17) is 21.4 Å². The normalized spacial score (nSPS) is 10.4. The Balaban J connectivity index is 2.61. The summed E-state index contributed by atoms with van der Waals surface area (Å²) in [5.41, 5.74) is 1.04. The predicted octanol–water partition coefficient (Wildman–Crippen LogP) is 1.84. The Labute approximate surface area is 108 Å². The molecule has 2 heterocycles. The van der Waals surface area contributed by atoms with Gasteiger partial charge in [0.1, 0.15) is 10.8 Å². The first-order chi connectivity index (χ1) is 8.54. The lowest BCUT2D eigenvalue weighted by Crippen LogP contribution is -2.06. The number of hydrogen-bond donors (Lipinski definition) is 1. The molecular weight excluding hydrogens is 258 g/mol. The largest absolute Gasteiger partial charge is 0.492 e. The maximum absolute atomic E-state index is 11.1. The number of pyridine rings is 1. The van der Waals surface area contributed by atoms with Gasteiger partial charge in [0, 0.05) is 18.8 Å². The number of hydrogen-bond acceptors (Lipinski definition) is 4. The summed E-state index contributed by atoms with van der Waals surface area (Å²) in [4.78, 5) is 15.1. The van der Waals surface area contributed by atoms with E-state index in [0.717, 1.165) is 0 Å². The number of aromatic carboxylic acids is 1. The highest BCUT2D eigenvalue weighted by Gasteiger charge is 2.23. The van der Waals surface area contributed by atoms with Crippen molar-refractivity contribution in [2.24, 2.45) is 7.05 Å². The van der Waals surface area contributed by atoms with Crippen molar-refractivity contribution in [3.05, 3.63) is 29.2 Å². The zero-order valence-electron chi connectivity index (χ0n) is 9.72. The quantitative estimate of drug-likeness (QED) is 0.859. The number of carbonyl (C=O) groups is 1. The minimum Gasteiger partial charge on any atom is -0.492 e. The van der Waals surface area contributed by atoms with Gasteiger partial charge in [-0.3, -0.25) is 4.68 Å².